The lowest BCUT2D eigenvalue weighted by Gasteiger charge is -2.42. The Labute approximate surface area is 139 Å². The second kappa shape index (κ2) is 6.37. The van der Waals surface area contributed by atoms with Gasteiger partial charge in [0.2, 0.25) is 5.76 Å². The van der Waals surface area contributed by atoms with E-state index in [1.807, 2.05) is 47.0 Å². The third-order valence-electron chi connectivity index (χ3n) is 4.39. The van der Waals surface area contributed by atoms with Gasteiger partial charge in [0.25, 0.3) is 5.91 Å². The molecule has 0 saturated carbocycles. The minimum absolute atomic E-state index is 0.0584. The Hall–Kier alpha value is -1.79. The number of benzene rings is 1. The maximum Gasteiger partial charge on any atom is 0.292 e. The number of ether oxygens (including phenoxy) is 1. The van der Waals surface area contributed by atoms with E-state index in [1.54, 1.807) is 6.07 Å². The Morgan fingerprint density at radius 3 is 3.04 bits per heavy atom. The Morgan fingerprint density at radius 1 is 1.30 bits per heavy atom. The van der Waals surface area contributed by atoms with Crippen LogP contribution in [0.4, 0.5) is 0 Å². The highest BCUT2D eigenvalue weighted by atomic mass is 32.2. The van der Waals surface area contributed by atoms with E-state index < -0.39 is 0 Å². The van der Waals surface area contributed by atoms with Crippen molar-refractivity contribution in [1.29, 1.82) is 0 Å². The number of hydrogen-bond acceptors (Lipinski definition) is 5. The van der Waals surface area contributed by atoms with Gasteiger partial charge in [-0.3, -0.25) is 4.79 Å². The molecule has 6 heteroatoms. The molecule has 1 aromatic heterocycles. The Balaban J connectivity index is 1.56. The first-order valence-electron chi connectivity index (χ1n) is 7.85. The van der Waals surface area contributed by atoms with E-state index in [2.05, 4.69) is 5.16 Å². The molecule has 2 fully saturated rings. The lowest BCUT2D eigenvalue weighted by Crippen LogP contribution is -2.54. The molecule has 120 valence electrons. The van der Waals surface area contributed by atoms with Gasteiger partial charge in [-0.15, -0.1) is 0 Å². The molecule has 4 rings (SSSR count). The Morgan fingerprint density at radius 2 is 2.17 bits per heavy atom. The average molecular weight is 330 g/mol. The Kier molecular flexibility index (Phi) is 4.10. The van der Waals surface area contributed by atoms with Crippen molar-refractivity contribution in [2.45, 2.75) is 17.7 Å². The summed E-state index contributed by atoms with van der Waals surface area (Å²) in [6.45, 7) is 2.20. The molecule has 3 heterocycles. The number of carbonyl (C=O) groups is 1. The summed E-state index contributed by atoms with van der Waals surface area (Å²) in [5.74, 6) is 1.20. The van der Waals surface area contributed by atoms with Gasteiger partial charge in [-0.2, -0.15) is 11.8 Å². The molecule has 1 amide bonds. The van der Waals surface area contributed by atoms with Crippen LogP contribution in [0.5, 0.6) is 0 Å². The van der Waals surface area contributed by atoms with Crippen molar-refractivity contribution in [1.82, 2.24) is 10.1 Å². The lowest BCUT2D eigenvalue weighted by molar-refractivity contribution is 0.0296. The molecule has 0 spiro atoms. The monoisotopic (exact) mass is 330 g/mol. The highest BCUT2D eigenvalue weighted by Crippen LogP contribution is 2.31. The highest BCUT2D eigenvalue weighted by molar-refractivity contribution is 8.00. The molecule has 0 N–H and O–H groups in total. The molecule has 0 bridgehead atoms. The van der Waals surface area contributed by atoms with Crippen molar-refractivity contribution in [3.63, 3.8) is 0 Å². The molecule has 2 aromatic rings. The Bertz CT molecular complexity index is 686. The highest BCUT2D eigenvalue weighted by Gasteiger charge is 2.38. The van der Waals surface area contributed by atoms with E-state index in [0.717, 1.165) is 37.5 Å². The van der Waals surface area contributed by atoms with Gasteiger partial charge in [-0.25, -0.2) is 0 Å². The lowest BCUT2D eigenvalue weighted by atomic mass is 10.1. The molecule has 2 aliphatic rings. The molecule has 23 heavy (non-hydrogen) atoms. The molecule has 0 aliphatic carbocycles. The first kappa shape index (κ1) is 14.8. The number of aromatic nitrogens is 1. The average Bonchev–Trinajstić information content (AvgIpc) is 3.11. The second-order valence-electron chi connectivity index (χ2n) is 5.78. The van der Waals surface area contributed by atoms with Crippen LogP contribution in [-0.2, 0) is 4.74 Å². The first-order chi connectivity index (χ1) is 11.3. The predicted molar refractivity (Wildman–Crippen MR) is 88.4 cm³/mol. The summed E-state index contributed by atoms with van der Waals surface area (Å²) in [5, 5.41) is 4.43. The van der Waals surface area contributed by atoms with Crippen LogP contribution in [0.1, 0.15) is 17.0 Å². The fourth-order valence-electron chi connectivity index (χ4n) is 3.20. The van der Waals surface area contributed by atoms with E-state index in [9.17, 15) is 4.79 Å². The van der Waals surface area contributed by atoms with Gasteiger partial charge in [0.15, 0.2) is 0 Å². The molecule has 0 unspecified atom stereocenters. The topological polar surface area (TPSA) is 55.6 Å². The van der Waals surface area contributed by atoms with Crippen LogP contribution >= 0.6 is 11.8 Å². The minimum atomic E-state index is -0.0584. The summed E-state index contributed by atoms with van der Waals surface area (Å²) in [6.07, 6.45) is 0.892. The van der Waals surface area contributed by atoms with E-state index in [4.69, 9.17) is 9.26 Å². The van der Waals surface area contributed by atoms with Crippen LogP contribution in [0.2, 0.25) is 0 Å². The van der Waals surface area contributed by atoms with Crippen molar-refractivity contribution >= 4 is 17.7 Å². The zero-order valence-electron chi connectivity index (χ0n) is 12.7. The van der Waals surface area contributed by atoms with Gasteiger partial charge in [0, 0.05) is 41.8 Å². The van der Waals surface area contributed by atoms with Crippen LogP contribution < -0.4 is 0 Å². The van der Waals surface area contributed by atoms with Crippen LogP contribution in [0.3, 0.4) is 0 Å². The van der Waals surface area contributed by atoms with Gasteiger partial charge in [-0.1, -0.05) is 35.5 Å². The zero-order chi connectivity index (χ0) is 15.6. The first-order valence-corrected chi connectivity index (χ1v) is 8.90. The van der Waals surface area contributed by atoms with Crippen molar-refractivity contribution in [3.8, 4) is 11.3 Å². The number of rotatable bonds is 2. The summed E-state index contributed by atoms with van der Waals surface area (Å²) < 4.78 is 10.9. The molecule has 2 aliphatic heterocycles. The zero-order valence-corrected chi connectivity index (χ0v) is 13.5. The molecule has 2 atom stereocenters. The van der Waals surface area contributed by atoms with Crippen molar-refractivity contribution in [2.24, 2.45) is 0 Å². The van der Waals surface area contributed by atoms with Gasteiger partial charge < -0.3 is 14.2 Å². The largest absolute Gasteiger partial charge is 0.380 e. The van der Waals surface area contributed by atoms with Gasteiger partial charge in [-0.05, 0) is 6.42 Å². The van der Waals surface area contributed by atoms with E-state index >= 15 is 0 Å². The van der Waals surface area contributed by atoms with Crippen LogP contribution in [-0.4, -0.2) is 52.8 Å². The normalized spacial score (nSPS) is 24.3. The summed E-state index contributed by atoms with van der Waals surface area (Å²) >= 11 is 1.90. The van der Waals surface area contributed by atoms with Crippen LogP contribution in [0.25, 0.3) is 11.3 Å². The number of thioether (sulfide) groups is 1. The summed E-state index contributed by atoms with van der Waals surface area (Å²) in [4.78, 5) is 14.8. The van der Waals surface area contributed by atoms with E-state index in [1.165, 1.54) is 0 Å². The smallest absolute Gasteiger partial charge is 0.292 e. The number of carbonyl (C=O) groups excluding carboxylic acids is 1. The predicted octanol–water partition coefficient (Wildman–Crippen LogP) is 2.69. The van der Waals surface area contributed by atoms with Crippen molar-refractivity contribution < 1.29 is 14.1 Å². The minimum Gasteiger partial charge on any atom is -0.380 e. The molecule has 2 saturated heterocycles. The summed E-state index contributed by atoms with van der Waals surface area (Å²) in [7, 11) is 0. The van der Waals surface area contributed by atoms with Crippen LogP contribution in [0.15, 0.2) is 40.9 Å². The molecular formula is C17H18N2O3S. The number of amides is 1. The summed E-state index contributed by atoms with van der Waals surface area (Å²) in [5.41, 5.74) is 1.65. The van der Waals surface area contributed by atoms with Crippen LogP contribution in [0, 0.1) is 0 Å². The third kappa shape index (κ3) is 2.88. The SMILES string of the molecule is O=C(c1cc(-c2ccccc2)no1)N1CCS[C@H]2COCC[C@H]21. The number of fused-ring (bicyclic) bond motifs is 1. The fraction of sp³-hybridized carbons (Fsp3) is 0.412. The standard InChI is InChI=1S/C17H18N2O3S/c20-17(19-7-9-23-16-11-21-8-6-14(16)19)15-10-13(18-22-15)12-4-2-1-3-5-12/h1-5,10,14,16H,6-9,11H2/t14-,16+/m1/s1. The van der Waals surface area contributed by atoms with Gasteiger partial charge in [0.05, 0.1) is 6.61 Å². The molecule has 5 nitrogen and oxygen atoms in total. The quantitative estimate of drug-likeness (QED) is 0.847. The summed E-state index contributed by atoms with van der Waals surface area (Å²) in [6, 6.07) is 11.7. The van der Waals surface area contributed by atoms with Gasteiger partial charge in [0.1, 0.15) is 5.69 Å². The maximum absolute atomic E-state index is 12.8. The van der Waals surface area contributed by atoms with E-state index in [0.29, 0.717) is 16.7 Å². The van der Waals surface area contributed by atoms with Crippen molar-refractivity contribution in [2.75, 3.05) is 25.5 Å². The molecule has 1 aromatic carbocycles. The number of nitrogens with zero attached hydrogens (tertiary/aromatic N) is 2. The third-order valence-corrected chi connectivity index (χ3v) is 5.68. The van der Waals surface area contributed by atoms with E-state index in [-0.39, 0.29) is 11.9 Å². The number of hydrogen-bond donors (Lipinski definition) is 0. The maximum atomic E-state index is 12.8. The molecular weight excluding hydrogens is 312 g/mol. The van der Waals surface area contributed by atoms with Gasteiger partial charge >= 0.3 is 0 Å². The second-order valence-corrected chi connectivity index (χ2v) is 7.13. The molecule has 0 radical (unpaired) electrons. The van der Waals surface area contributed by atoms with Crippen molar-refractivity contribution in [3.05, 3.63) is 42.2 Å². The fourth-order valence-corrected chi connectivity index (χ4v) is 4.50.